The highest BCUT2D eigenvalue weighted by Crippen LogP contribution is 2.68. The van der Waals surface area contributed by atoms with Crippen molar-refractivity contribution in [3.8, 4) is 0 Å². The van der Waals surface area contributed by atoms with Gasteiger partial charge in [-0.25, -0.2) is 0 Å². The van der Waals surface area contributed by atoms with Crippen molar-refractivity contribution in [1.29, 1.82) is 0 Å². The zero-order chi connectivity index (χ0) is 26.0. The first kappa shape index (κ1) is 25.6. The van der Waals surface area contributed by atoms with Crippen molar-refractivity contribution in [3.63, 3.8) is 0 Å². The van der Waals surface area contributed by atoms with Gasteiger partial charge in [0.15, 0.2) is 5.78 Å². The lowest BCUT2D eigenvalue weighted by Crippen LogP contribution is -2.58. The van der Waals surface area contributed by atoms with Crippen molar-refractivity contribution in [3.05, 3.63) is 30.0 Å². The summed E-state index contributed by atoms with van der Waals surface area (Å²) in [5, 5.41) is 16.6. The molecule has 1 aromatic heterocycles. The highest BCUT2D eigenvalue weighted by molar-refractivity contribution is 5.85. The third-order valence-electron chi connectivity index (χ3n) is 11.9. The summed E-state index contributed by atoms with van der Waals surface area (Å²) in [7, 11) is 1.86. The molecule has 4 aliphatic carbocycles. The number of aryl methyl sites for hydroxylation is 1. The molecule has 4 fully saturated rings. The number of hydrogen-bond acceptors (Lipinski definition) is 4. The third kappa shape index (κ3) is 4.02. The largest absolute Gasteiger partial charge is 0.390 e. The number of fused-ring (bicyclic) bond motifs is 6. The highest BCUT2D eigenvalue weighted by atomic mass is 16.5. The summed E-state index contributed by atoms with van der Waals surface area (Å²) in [6.07, 6.45) is 12.8. The summed E-state index contributed by atoms with van der Waals surface area (Å²) in [5.41, 5.74) is 2.14. The molecular formula is C32H46N2O3. The lowest BCUT2D eigenvalue weighted by molar-refractivity contribution is -0.175. The van der Waals surface area contributed by atoms with E-state index in [0.29, 0.717) is 36.0 Å². The fourth-order valence-electron chi connectivity index (χ4n) is 10.0. The molecule has 1 heterocycles. The van der Waals surface area contributed by atoms with Crippen LogP contribution in [0, 0.1) is 40.4 Å². The van der Waals surface area contributed by atoms with Crippen LogP contribution in [0.5, 0.6) is 0 Å². The van der Waals surface area contributed by atoms with Gasteiger partial charge in [0.05, 0.1) is 23.9 Å². The number of rotatable bonds is 6. The van der Waals surface area contributed by atoms with Gasteiger partial charge in [-0.05, 0) is 117 Å². The molecule has 0 radical (unpaired) electrons. The Labute approximate surface area is 222 Å². The quantitative estimate of drug-likeness (QED) is 0.506. The zero-order valence-corrected chi connectivity index (χ0v) is 23.3. The van der Waals surface area contributed by atoms with Crippen LogP contribution < -0.4 is 0 Å². The SMILES string of the molecule is CCc1ccc2cnn(CC(=O)[C@H]3CC[C@H]4[C@@H]5CC[C@H]6C[C@](C)(O)CC[C@]6(COC)[C@H]5CC[C@]34C)c2c1. The summed E-state index contributed by atoms with van der Waals surface area (Å²) in [5.74, 6) is 3.04. The molecule has 2 aromatic rings. The van der Waals surface area contributed by atoms with Crippen molar-refractivity contribution in [2.75, 3.05) is 13.7 Å². The fraction of sp³-hybridized carbons (Fsp3) is 0.750. The average Bonchev–Trinajstić information content (AvgIpc) is 3.44. The molecule has 5 nitrogen and oxygen atoms in total. The van der Waals surface area contributed by atoms with E-state index >= 15 is 0 Å². The molecule has 0 bridgehead atoms. The second-order valence-electron chi connectivity index (χ2n) is 13.7. The van der Waals surface area contributed by atoms with Crippen LogP contribution in [0.4, 0.5) is 0 Å². The zero-order valence-electron chi connectivity index (χ0n) is 23.3. The van der Waals surface area contributed by atoms with Gasteiger partial charge < -0.3 is 9.84 Å². The second-order valence-corrected chi connectivity index (χ2v) is 13.7. The van der Waals surface area contributed by atoms with Gasteiger partial charge in [-0.15, -0.1) is 0 Å². The summed E-state index contributed by atoms with van der Waals surface area (Å²) in [4.78, 5) is 13.9. The molecule has 37 heavy (non-hydrogen) atoms. The lowest BCUT2D eigenvalue weighted by Gasteiger charge is -2.62. The van der Waals surface area contributed by atoms with Crippen LogP contribution in [0.3, 0.4) is 0 Å². The predicted molar refractivity (Wildman–Crippen MR) is 146 cm³/mol. The number of methoxy groups -OCH3 is 1. The van der Waals surface area contributed by atoms with E-state index in [-0.39, 0.29) is 16.7 Å². The van der Waals surface area contributed by atoms with Crippen LogP contribution in [-0.2, 0) is 22.5 Å². The van der Waals surface area contributed by atoms with Crippen LogP contribution in [-0.4, -0.2) is 40.0 Å². The van der Waals surface area contributed by atoms with Gasteiger partial charge in [0.25, 0.3) is 0 Å². The number of Topliss-reactive ketones (excluding diaryl/α,β-unsaturated/α-hetero) is 1. The van der Waals surface area contributed by atoms with Crippen LogP contribution >= 0.6 is 0 Å². The molecule has 4 aliphatic rings. The molecule has 0 aliphatic heterocycles. The van der Waals surface area contributed by atoms with Crippen molar-refractivity contribution in [1.82, 2.24) is 9.78 Å². The lowest BCUT2D eigenvalue weighted by atomic mass is 9.43. The fourth-order valence-corrected chi connectivity index (χ4v) is 10.0. The topological polar surface area (TPSA) is 64.4 Å². The van der Waals surface area contributed by atoms with Gasteiger partial charge in [-0.1, -0.05) is 26.0 Å². The molecule has 202 valence electrons. The molecule has 4 saturated carbocycles. The second kappa shape index (κ2) is 9.19. The van der Waals surface area contributed by atoms with Gasteiger partial charge in [-0.2, -0.15) is 5.10 Å². The summed E-state index contributed by atoms with van der Waals surface area (Å²) < 4.78 is 7.87. The molecule has 5 heteroatoms. The Bertz CT molecular complexity index is 1170. The number of hydrogen-bond donors (Lipinski definition) is 1. The summed E-state index contributed by atoms with van der Waals surface area (Å²) >= 11 is 0. The van der Waals surface area contributed by atoms with Gasteiger partial charge in [0, 0.05) is 18.4 Å². The number of benzene rings is 1. The van der Waals surface area contributed by atoms with Gasteiger partial charge in [0.2, 0.25) is 0 Å². The van der Waals surface area contributed by atoms with E-state index in [1.807, 2.05) is 24.9 Å². The molecule has 0 unspecified atom stereocenters. The number of nitrogens with zero attached hydrogens (tertiary/aromatic N) is 2. The standard InChI is InChI=1S/C32H46N2O3/c1-5-21-6-7-22-18-33-34(28(22)16-21)19-29(35)27-11-10-25-24-9-8-23-17-30(2,36)14-15-32(23,20-37-4)26(24)12-13-31(25,27)3/h6-7,16,18,23-27,36H,5,8-15,17,19-20H2,1-4H3/t23-,24-,25-,26-,27+,30+,31-,32+/m0/s1. The van der Waals surface area contributed by atoms with Crippen molar-refractivity contribution < 1.29 is 14.6 Å². The Kier molecular flexibility index (Phi) is 6.35. The van der Waals surface area contributed by atoms with Crippen LogP contribution in [0.15, 0.2) is 24.4 Å². The van der Waals surface area contributed by atoms with Crippen molar-refractivity contribution >= 4 is 16.7 Å². The highest BCUT2D eigenvalue weighted by Gasteiger charge is 2.63. The molecule has 0 spiro atoms. The maximum absolute atomic E-state index is 13.9. The maximum atomic E-state index is 13.9. The number of ketones is 1. The number of aliphatic hydroxyl groups is 1. The van der Waals surface area contributed by atoms with E-state index < -0.39 is 5.60 Å². The minimum atomic E-state index is -0.530. The smallest absolute Gasteiger partial charge is 0.157 e. The Balaban J connectivity index is 1.23. The minimum absolute atomic E-state index is 0.0943. The van der Waals surface area contributed by atoms with Crippen LogP contribution in [0.25, 0.3) is 10.9 Å². The number of ether oxygens (including phenoxy) is 1. The van der Waals surface area contributed by atoms with Crippen LogP contribution in [0.2, 0.25) is 0 Å². The Hall–Kier alpha value is -1.72. The maximum Gasteiger partial charge on any atom is 0.157 e. The van der Waals surface area contributed by atoms with E-state index in [9.17, 15) is 9.90 Å². The Morgan fingerprint density at radius 1 is 1.11 bits per heavy atom. The summed E-state index contributed by atoms with van der Waals surface area (Å²) in [6.45, 7) is 7.87. The Morgan fingerprint density at radius 2 is 1.95 bits per heavy atom. The van der Waals surface area contributed by atoms with E-state index in [1.54, 1.807) is 0 Å². The van der Waals surface area contributed by atoms with E-state index in [4.69, 9.17) is 4.74 Å². The predicted octanol–water partition coefficient (Wildman–Crippen LogP) is 6.20. The minimum Gasteiger partial charge on any atom is -0.390 e. The summed E-state index contributed by atoms with van der Waals surface area (Å²) in [6, 6.07) is 6.50. The molecule has 1 N–H and O–H groups in total. The van der Waals surface area contributed by atoms with E-state index in [2.05, 4.69) is 37.1 Å². The number of carbonyl (C=O) groups is 1. The monoisotopic (exact) mass is 506 g/mol. The van der Waals surface area contributed by atoms with Gasteiger partial charge >= 0.3 is 0 Å². The first-order chi connectivity index (χ1) is 17.7. The molecule has 8 atom stereocenters. The van der Waals surface area contributed by atoms with Crippen LogP contribution in [0.1, 0.15) is 84.1 Å². The van der Waals surface area contributed by atoms with E-state index in [1.165, 1.54) is 31.2 Å². The number of aromatic nitrogens is 2. The van der Waals surface area contributed by atoms with Crippen molar-refractivity contribution in [2.45, 2.75) is 97.1 Å². The first-order valence-electron chi connectivity index (χ1n) is 14.9. The molecule has 1 aromatic carbocycles. The molecule has 0 saturated heterocycles. The number of carbonyl (C=O) groups excluding carboxylic acids is 1. The third-order valence-corrected chi connectivity index (χ3v) is 11.9. The molecular weight excluding hydrogens is 460 g/mol. The first-order valence-corrected chi connectivity index (χ1v) is 14.9. The molecule has 6 rings (SSSR count). The average molecular weight is 507 g/mol. The van der Waals surface area contributed by atoms with Gasteiger partial charge in [0.1, 0.15) is 6.54 Å². The normalized spacial score (nSPS) is 41.3. The molecule has 0 amide bonds. The van der Waals surface area contributed by atoms with Gasteiger partial charge in [-0.3, -0.25) is 9.48 Å². The van der Waals surface area contributed by atoms with Crippen molar-refractivity contribution in [2.24, 2.45) is 40.4 Å². The Morgan fingerprint density at radius 3 is 2.73 bits per heavy atom. The van der Waals surface area contributed by atoms with E-state index in [0.717, 1.165) is 56.0 Å².